The van der Waals surface area contributed by atoms with Crippen LogP contribution in [0.25, 0.3) is 11.0 Å². The number of para-hydroxylation sites is 2. The van der Waals surface area contributed by atoms with Crippen LogP contribution < -0.4 is 21.5 Å². The van der Waals surface area contributed by atoms with E-state index in [0.717, 1.165) is 25.8 Å². The van der Waals surface area contributed by atoms with Gasteiger partial charge in [-0.15, -0.1) is 0 Å². The lowest BCUT2D eigenvalue weighted by atomic mass is 10.1. The van der Waals surface area contributed by atoms with Crippen LogP contribution >= 0.6 is 31.9 Å². The molecule has 1 heterocycles. The van der Waals surface area contributed by atoms with E-state index in [1.165, 1.54) is 0 Å². The molecule has 0 spiro atoms. The summed E-state index contributed by atoms with van der Waals surface area (Å²) in [6, 6.07) is 22.7. The number of rotatable bonds is 7. The van der Waals surface area contributed by atoms with E-state index in [-0.39, 0.29) is 41.6 Å². The molecule has 4 rings (SSSR count). The van der Waals surface area contributed by atoms with Gasteiger partial charge in [0.1, 0.15) is 0 Å². The van der Waals surface area contributed by atoms with Gasteiger partial charge >= 0.3 is 0 Å². The van der Waals surface area contributed by atoms with Gasteiger partial charge in [0.15, 0.2) is 24.1 Å². The van der Waals surface area contributed by atoms with Crippen LogP contribution in [0, 0.1) is 0 Å². The van der Waals surface area contributed by atoms with Gasteiger partial charge in [-0.05, 0) is 36.4 Å². The van der Waals surface area contributed by atoms with Crippen LogP contribution in [0.5, 0.6) is 0 Å². The van der Waals surface area contributed by atoms with Crippen LogP contribution in [0.2, 0.25) is 0 Å². The lowest BCUT2D eigenvalue weighted by molar-refractivity contribution is -0.665. The summed E-state index contributed by atoms with van der Waals surface area (Å²) in [5, 5.41) is 0. The van der Waals surface area contributed by atoms with Crippen molar-refractivity contribution in [2.75, 3.05) is 0 Å². The van der Waals surface area contributed by atoms with Gasteiger partial charge in [0, 0.05) is 26.5 Å². The number of ketones is 2. The highest BCUT2D eigenvalue weighted by Crippen LogP contribution is 2.18. The SMILES string of the molecule is CCc1n(CC(=O)c2ccc(Br)cc2)c2ccccc2[n+]1CC(=O)c1ccc(Br)cc1.[Br-]. The zero-order valence-corrected chi connectivity index (χ0v) is 22.2. The highest BCUT2D eigenvalue weighted by Gasteiger charge is 2.27. The van der Waals surface area contributed by atoms with Crippen LogP contribution in [-0.4, -0.2) is 16.1 Å². The summed E-state index contributed by atoms with van der Waals surface area (Å²) >= 11 is 6.82. The molecular formula is C25H21Br3N2O2. The Labute approximate surface area is 214 Å². The van der Waals surface area contributed by atoms with Gasteiger partial charge < -0.3 is 17.0 Å². The number of fused-ring (bicyclic) bond motifs is 1. The van der Waals surface area contributed by atoms with Crippen molar-refractivity contribution in [2.24, 2.45) is 0 Å². The van der Waals surface area contributed by atoms with Crippen LogP contribution in [0.1, 0.15) is 33.5 Å². The Morgan fingerprint density at radius 3 is 1.91 bits per heavy atom. The maximum atomic E-state index is 13.0. The molecule has 0 fully saturated rings. The maximum absolute atomic E-state index is 13.0. The minimum Gasteiger partial charge on any atom is -1.00 e. The molecule has 0 aliphatic rings. The van der Waals surface area contributed by atoms with E-state index in [1.54, 1.807) is 0 Å². The van der Waals surface area contributed by atoms with E-state index in [9.17, 15) is 9.59 Å². The topological polar surface area (TPSA) is 43.0 Å². The third-order valence-corrected chi connectivity index (χ3v) is 6.40. The molecule has 4 nitrogen and oxygen atoms in total. The predicted molar refractivity (Wildman–Crippen MR) is 128 cm³/mol. The van der Waals surface area contributed by atoms with Gasteiger partial charge in [-0.1, -0.05) is 75.2 Å². The quantitative estimate of drug-likeness (QED) is 0.236. The average Bonchev–Trinajstić information content (AvgIpc) is 3.07. The molecule has 4 aromatic rings. The second-order valence-electron chi connectivity index (χ2n) is 7.29. The Morgan fingerprint density at radius 1 is 0.812 bits per heavy atom. The highest BCUT2D eigenvalue weighted by atomic mass is 79.9. The largest absolute Gasteiger partial charge is 1.00 e. The first-order valence-corrected chi connectivity index (χ1v) is 11.6. The molecular weight excluding hydrogens is 600 g/mol. The Bertz CT molecular complexity index is 1170. The number of imidazole rings is 1. The Kier molecular flexibility index (Phi) is 8.20. The van der Waals surface area contributed by atoms with E-state index in [2.05, 4.69) is 38.8 Å². The number of hydrogen-bond donors (Lipinski definition) is 0. The van der Waals surface area contributed by atoms with Crippen molar-refractivity contribution in [1.29, 1.82) is 0 Å². The van der Waals surface area contributed by atoms with Gasteiger partial charge in [0.05, 0.1) is 0 Å². The van der Waals surface area contributed by atoms with Crippen molar-refractivity contribution in [3.63, 3.8) is 0 Å². The van der Waals surface area contributed by atoms with Crippen molar-refractivity contribution in [3.05, 3.63) is 98.7 Å². The fourth-order valence-corrected chi connectivity index (χ4v) is 4.35. The molecule has 0 radical (unpaired) electrons. The minimum atomic E-state index is 0. The summed E-state index contributed by atoms with van der Waals surface area (Å²) in [4.78, 5) is 26.0. The number of Topliss-reactive ketones (excluding diaryl/α,β-unsaturated/α-hetero) is 2. The Hall–Kier alpha value is -2.09. The van der Waals surface area contributed by atoms with Crippen LogP contribution in [0.4, 0.5) is 0 Å². The zero-order chi connectivity index (χ0) is 22.0. The minimum absolute atomic E-state index is 0. The normalized spacial score (nSPS) is 10.7. The smallest absolute Gasteiger partial charge is 0.257 e. The van der Waals surface area contributed by atoms with Crippen molar-refractivity contribution in [2.45, 2.75) is 26.4 Å². The monoisotopic (exact) mass is 618 g/mol. The number of halogens is 3. The van der Waals surface area contributed by atoms with Crippen molar-refractivity contribution in [3.8, 4) is 0 Å². The number of carbonyl (C=O) groups excluding carboxylic acids is 2. The van der Waals surface area contributed by atoms with Gasteiger partial charge in [0.25, 0.3) is 5.82 Å². The predicted octanol–water partition coefficient (Wildman–Crippen LogP) is 2.79. The lowest BCUT2D eigenvalue weighted by Crippen LogP contribution is -3.00. The van der Waals surface area contributed by atoms with E-state index >= 15 is 0 Å². The van der Waals surface area contributed by atoms with Crippen LogP contribution in [-0.2, 0) is 19.5 Å². The molecule has 32 heavy (non-hydrogen) atoms. The average molecular weight is 621 g/mol. The summed E-state index contributed by atoms with van der Waals surface area (Å²) in [6.07, 6.45) is 0.704. The first-order valence-electron chi connectivity index (χ1n) is 10.1. The van der Waals surface area contributed by atoms with Crippen LogP contribution in [0.15, 0.2) is 81.7 Å². The summed E-state index contributed by atoms with van der Waals surface area (Å²) in [6.45, 7) is 2.50. The number of nitrogens with zero attached hydrogens (tertiary/aromatic N) is 2. The standard InChI is InChI=1S/C25H21Br2N2O2.BrH/c1-2-25-28(15-23(30)17-7-11-19(26)12-8-17)21-5-3-4-6-22(21)29(25)16-24(31)18-9-13-20(27)14-10-18;/h3-14H,2,15-16H2,1H3;1H/q+1;/p-1. The van der Waals surface area contributed by atoms with E-state index < -0.39 is 0 Å². The number of hydrogen-bond acceptors (Lipinski definition) is 2. The molecule has 0 N–H and O–H groups in total. The van der Waals surface area contributed by atoms with E-state index in [4.69, 9.17) is 0 Å². The van der Waals surface area contributed by atoms with Crippen molar-refractivity contribution in [1.82, 2.24) is 4.57 Å². The Balaban J connectivity index is 0.00000289. The lowest BCUT2D eigenvalue weighted by Gasteiger charge is -2.05. The summed E-state index contributed by atoms with van der Waals surface area (Å²) in [5.74, 6) is 1.03. The fourth-order valence-electron chi connectivity index (χ4n) is 3.82. The van der Waals surface area contributed by atoms with E-state index in [0.29, 0.717) is 17.5 Å². The van der Waals surface area contributed by atoms with E-state index in [1.807, 2.05) is 81.9 Å². The van der Waals surface area contributed by atoms with Gasteiger partial charge in [0.2, 0.25) is 11.6 Å². The summed E-state index contributed by atoms with van der Waals surface area (Å²) in [5.41, 5.74) is 3.24. The molecule has 0 aliphatic heterocycles. The maximum Gasteiger partial charge on any atom is 0.257 e. The number of benzene rings is 3. The third-order valence-electron chi connectivity index (χ3n) is 5.34. The molecule has 1 aromatic heterocycles. The summed E-state index contributed by atoms with van der Waals surface area (Å²) in [7, 11) is 0. The fraction of sp³-hybridized carbons (Fsp3) is 0.160. The molecule has 0 atom stereocenters. The second-order valence-corrected chi connectivity index (χ2v) is 9.12. The zero-order valence-electron chi connectivity index (χ0n) is 17.4. The first-order chi connectivity index (χ1) is 15.0. The van der Waals surface area contributed by atoms with Gasteiger partial charge in [-0.3, -0.25) is 9.59 Å². The molecule has 0 unspecified atom stereocenters. The molecule has 164 valence electrons. The number of aromatic nitrogens is 2. The molecule has 0 saturated heterocycles. The molecule has 0 amide bonds. The van der Waals surface area contributed by atoms with Gasteiger partial charge in [-0.2, -0.15) is 0 Å². The third kappa shape index (κ3) is 5.11. The molecule has 0 saturated carbocycles. The van der Waals surface area contributed by atoms with Gasteiger partial charge in [-0.25, -0.2) is 9.13 Å². The molecule has 7 heteroatoms. The second kappa shape index (κ2) is 10.7. The Morgan fingerprint density at radius 2 is 1.34 bits per heavy atom. The highest BCUT2D eigenvalue weighted by molar-refractivity contribution is 9.10. The molecule has 3 aromatic carbocycles. The molecule has 0 aliphatic carbocycles. The summed E-state index contributed by atoms with van der Waals surface area (Å²) < 4.78 is 5.95. The van der Waals surface area contributed by atoms with Crippen molar-refractivity contribution < 1.29 is 31.1 Å². The van der Waals surface area contributed by atoms with Crippen molar-refractivity contribution >= 4 is 54.5 Å². The number of carbonyl (C=O) groups is 2. The first kappa shape index (κ1) is 24.6. The van der Waals surface area contributed by atoms with Crippen LogP contribution in [0.3, 0.4) is 0 Å². The molecule has 0 bridgehead atoms.